The van der Waals surface area contributed by atoms with Crippen LogP contribution in [0, 0.1) is 11.5 Å². The summed E-state index contributed by atoms with van der Waals surface area (Å²) in [6.45, 7) is 1.85. The molecule has 0 fully saturated rings. The smallest absolute Gasteiger partial charge is 0.187 e. The summed E-state index contributed by atoms with van der Waals surface area (Å²) in [4.78, 5) is -0.470. The molecule has 2 unspecified atom stereocenters. The van der Waals surface area contributed by atoms with Crippen LogP contribution in [-0.2, 0) is 0 Å². The summed E-state index contributed by atoms with van der Waals surface area (Å²) in [5.41, 5.74) is 0. The Labute approximate surface area is 129 Å². The van der Waals surface area contributed by atoms with Crippen LogP contribution in [0.5, 0.6) is 0 Å². The highest BCUT2D eigenvalue weighted by atomic mass is 35.5. The third-order valence-electron chi connectivity index (χ3n) is 2.32. The summed E-state index contributed by atoms with van der Waals surface area (Å²) in [5, 5.41) is 8.44. The second-order valence-electron chi connectivity index (χ2n) is 3.20. The molecule has 1 aliphatic rings. The van der Waals surface area contributed by atoms with E-state index in [1.165, 1.54) is 0 Å². The molecule has 94 valence electrons. The highest BCUT2D eigenvalue weighted by Gasteiger charge is 2.46. The highest BCUT2D eigenvalue weighted by Crippen LogP contribution is 2.52. The van der Waals surface area contributed by atoms with Crippen LogP contribution in [0.15, 0.2) is 20.0 Å². The van der Waals surface area contributed by atoms with Crippen LogP contribution in [0.2, 0.25) is 0 Å². The molecule has 17 heavy (non-hydrogen) atoms. The number of hydrogen-bond donors (Lipinski definition) is 1. The lowest BCUT2D eigenvalue weighted by atomic mass is 9.95. The fourth-order valence-electron chi connectivity index (χ4n) is 1.36. The Morgan fingerprint density at radius 1 is 1.41 bits per heavy atom. The number of rotatable bonds is 3. The maximum atomic E-state index is 8.52. The number of alkyl halides is 2. The highest BCUT2D eigenvalue weighted by molar-refractivity contribution is 8.01. The Balaban J connectivity index is 3.29. The first-order valence-electron chi connectivity index (χ1n) is 4.49. The third-order valence-corrected chi connectivity index (χ3v) is 6.37. The second-order valence-corrected chi connectivity index (χ2v) is 6.29. The van der Waals surface area contributed by atoms with Gasteiger partial charge in [0.1, 0.15) is 0 Å². The molecule has 1 rings (SSSR count). The van der Waals surface area contributed by atoms with E-state index in [0.717, 1.165) is 11.9 Å². The minimum atomic E-state index is -0.970. The Morgan fingerprint density at radius 2 is 2.00 bits per heavy atom. The summed E-state index contributed by atoms with van der Waals surface area (Å²) in [6.07, 6.45) is 2.26. The van der Waals surface area contributed by atoms with Gasteiger partial charge in [-0.3, -0.25) is 4.72 Å². The summed E-state index contributed by atoms with van der Waals surface area (Å²) >= 11 is 31.7. The normalized spacial score (nSPS) is 29.4. The zero-order valence-electron chi connectivity index (χ0n) is 8.53. The molecule has 0 amide bonds. The first-order chi connectivity index (χ1) is 7.90. The number of nitrogens with one attached hydrogen (secondary N) is 1. The molecule has 1 N–H and O–H groups in total. The maximum Gasteiger partial charge on any atom is 0.187 e. The van der Waals surface area contributed by atoms with Gasteiger partial charge in [0.2, 0.25) is 0 Å². The van der Waals surface area contributed by atoms with Gasteiger partial charge >= 0.3 is 0 Å². The van der Waals surface area contributed by atoms with E-state index in [1.54, 1.807) is 6.19 Å². The van der Waals surface area contributed by atoms with E-state index in [-0.39, 0.29) is 15.1 Å². The van der Waals surface area contributed by atoms with Crippen molar-refractivity contribution in [2.45, 2.75) is 23.6 Å². The van der Waals surface area contributed by atoms with Crippen LogP contribution in [0.4, 0.5) is 0 Å². The summed E-state index contributed by atoms with van der Waals surface area (Å²) < 4.78 is 2.41. The van der Waals surface area contributed by atoms with Gasteiger partial charge in [-0.15, -0.1) is 23.2 Å². The number of halogens is 5. The fraction of sp³-hybridized carbons (Fsp3) is 0.444. The molecule has 0 saturated carbocycles. The van der Waals surface area contributed by atoms with Crippen LogP contribution in [-0.4, -0.2) is 10.3 Å². The van der Waals surface area contributed by atoms with E-state index in [0.29, 0.717) is 11.3 Å². The molecule has 0 aromatic heterocycles. The summed E-state index contributed by atoms with van der Waals surface area (Å²) in [5.74, 6) is 0. The lowest BCUT2D eigenvalue weighted by molar-refractivity contribution is 0.663. The van der Waals surface area contributed by atoms with Gasteiger partial charge in [0.05, 0.1) is 25.3 Å². The van der Waals surface area contributed by atoms with Crippen LogP contribution >= 0.6 is 70.0 Å². The van der Waals surface area contributed by atoms with E-state index in [9.17, 15) is 0 Å². The maximum absolute atomic E-state index is 8.52. The average Bonchev–Trinajstić information content (AvgIpc) is 2.34. The van der Waals surface area contributed by atoms with Crippen molar-refractivity contribution in [2.75, 3.05) is 0 Å². The number of allylic oxidation sites excluding steroid dienone is 4. The largest absolute Gasteiger partial charge is 0.262 e. The van der Waals surface area contributed by atoms with Gasteiger partial charge < -0.3 is 0 Å². The van der Waals surface area contributed by atoms with Gasteiger partial charge in [-0.05, 0) is 18.4 Å². The molecule has 0 aromatic rings. The number of nitrogens with zero attached hydrogens (tertiary/aromatic N) is 1. The monoisotopic (exact) mass is 350 g/mol. The van der Waals surface area contributed by atoms with Gasteiger partial charge in [0.25, 0.3) is 0 Å². The molecule has 0 aliphatic heterocycles. The number of hydrogen-bond acceptors (Lipinski definition) is 3. The molecular formula is C9H7Cl5N2S. The zero-order chi connectivity index (χ0) is 13.2. The molecule has 2 atom stereocenters. The van der Waals surface area contributed by atoms with Crippen LogP contribution in [0.25, 0.3) is 0 Å². The molecule has 0 bridgehead atoms. The second kappa shape index (κ2) is 6.14. The van der Waals surface area contributed by atoms with Crippen molar-refractivity contribution in [1.82, 2.24) is 4.72 Å². The van der Waals surface area contributed by atoms with Crippen LogP contribution in [0.3, 0.4) is 0 Å². The SMILES string of the molecule is CCC1(Cl)C(SNC#N)=C(Cl)C(Cl)=C(Cl)C1Cl. The summed E-state index contributed by atoms with van der Waals surface area (Å²) in [6, 6.07) is 0. The average molecular weight is 353 g/mol. The third kappa shape index (κ3) is 2.78. The molecule has 0 heterocycles. The molecule has 2 nitrogen and oxygen atoms in total. The van der Waals surface area contributed by atoms with Crippen molar-refractivity contribution in [3.8, 4) is 6.19 Å². The van der Waals surface area contributed by atoms with E-state index < -0.39 is 10.3 Å². The van der Waals surface area contributed by atoms with Crippen molar-refractivity contribution in [3.63, 3.8) is 0 Å². The van der Waals surface area contributed by atoms with Gasteiger partial charge in [-0.1, -0.05) is 41.7 Å². The molecule has 0 saturated heterocycles. The molecule has 1 aliphatic carbocycles. The number of nitriles is 1. The first-order valence-corrected chi connectivity index (χ1v) is 7.26. The molecule has 0 radical (unpaired) electrons. The van der Waals surface area contributed by atoms with Gasteiger partial charge in [0, 0.05) is 4.91 Å². The lowest BCUT2D eigenvalue weighted by Gasteiger charge is -2.36. The van der Waals surface area contributed by atoms with E-state index in [4.69, 9.17) is 63.3 Å². The van der Waals surface area contributed by atoms with Crippen LogP contribution in [0.1, 0.15) is 13.3 Å². The Morgan fingerprint density at radius 3 is 2.47 bits per heavy atom. The Kier molecular flexibility index (Phi) is 5.65. The van der Waals surface area contributed by atoms with Crippen molar-refractivity contribution >= 4 is 70.0 Å². The molecule has 8 heteroatoms. The summed E-state index contributed by atoms with van der Waals surface area (Å²) in [7, 11) is 0. The predicted molar refractivity (Wildman–Crippen MR) is 76.5 cm³/mol. The Hall–Kier alpha value is 0.570. The predicted octanol–water partition coefficient (Wildman–Crippen LogP) is 4.85. The van der Waals surface area contributed by atoms with Gasteiger partial charge in [0.15, 0.2) is 6.19 Å². The molecule has 0 spiro atoms. The van der Waals surface area contributed by atoms with E-state index in [1.807, 2.05) is 6.92 Å². The van der Waals surface area contributed by atoms with Crippen molar-refractivity contribution < 1.29 is 0 Å². The van der Waals surface area contributed by atoms with Crippen molar-refractivity contribution in [2.24, 2.45) is 0 Å². The van der Waals surface area contributed by atoms with Crippen LogP contribution < -0.4 is 4.72 Å². The fourth-order valence-corrected chi connectivity index (χ4v) is 4.02. The Bertz CT molecular complexity index is 428. The van der Waals surface area contributed by atoms with Gasteiger partial charge in [-0.25, -0.2) is 0 Å². The van der Waals surface area contributed by atoms with Crippen molar-refractivity contribution in [3.05, 3.63) is 20.0 Å². The quantitative estimate of drug-likeness (QED) is 0.341. The lowest BCUT2D eigenvalue weighted by Crippen LogP contribution is -2.38. The topological polar surface area (TPSA) is 35.8 Å². The minimum absolute atomic E-state index is 0.167. The standard InChI is InChI=1S/C9H7Cl5N2S/c1-2-9(14)7(13)5(11)4(10)6(12)8(9)17-16-3-15/h7,16H,2H2,1H3. The molecular weight excluding hydrogens is 345 g/mol. The molecule has 0 aromatic carbocycles. The van der Waals surface area contributed by atoms with Gasteiger partial charge in [-0.2, -0.15) is 5.26 Å². The minimum Gasteiger partial charge on any atom is -0.262 e. The zero-order valence-corrected chi connectivity index (χ0v) is 13.1. The van der Waals surface area contributed by atoms with E-state index >= 15 is 0 Å². The van der Waals surface area contributed by atoms with Crippen molar-refractivity contribution in [1.29, 1.82) is 5.26 Å². The van der Waals surface area contributed by atoms with E-state index in [2.05, 4.69) is 4.72 Å². The first kappa shape index (κ1) is 15.6.